The molecule has 0 unspecified atom stereocenters. The van der Waals surface area contributed by atoms with Crippen molar-refractivity contribution < 1.29 is 0 Å². The highest BCUT2D eigenvalue weighted by Crippen LogP contribution is 2.19. The summed E-state index contributed by atoms with van der Waals surface area (Å²) in [5, 5.41) is 1.14. The Kier molecular flexibility index (Phi) is 3.39. The van der Waals surface area contributed by atoms with Gasteiger partial charge in [-0.3, -0.25) is 0 Å². The summed E-state index contributed by atoms with van der Waals surface area (Å²) < 4.78 is 0. The molecule has 1 heterocycles. The highest BCUT2D eigenvalue weighted by molar-refractivity contribution is 7.11. The number of aryl methyl sites for hydroxylation is 1. The number of nitrogens with zero attached hydrogens (tertiary/aromatic N) is 1. The monoisotopic (exact) mass is 237 g/mol. The fourth-order valence-electron chi connectivity index (χ4n) is 1.46. The molecule has 0 fully saturated rings. The molecule has 0 amide bonds. The first kappa shape index (κ1) is 10.7. The quantitative estimate of drug-likeness (QED) is 0.741. The molecule has 0 aliphatic carbocycles. The first-order valence-corrected chi connectivity index (χ1v) is 6.19. The van der Waals surface area contributed by atoms with E-state index < -0.39 is 0 Å². The van der Waals surface area contributed by atoms with Crippen LogP contribution in [-0.4, -0.2) is 4.98 Å². The van der Waals surface area contributed by atoms with Gasteiger partial charge in [0.05, 0.1) is 10.9 Å². The molecule has 2 rings (SSSR count). The Morgan fingerprint density at radius 3 is 2.80 bits per heavy atom. The average molecular weight is 238 g/mol. The molecule has 15 heavy (non-hydrogen) atoms. The summed E-state index contributed by atoms with van der Waals surface area (Å²) in [5.74, 6) is 0.561. The Balaban J connectivity index is 2.18. The zero-order chi connectivity index (χ0) is 10.7. The first-order valence-electron chi connectivity index (χ1n) is 4.83. The Bertz CT molecular complexity index is 450. The number of aromatic nitrogens is 1. The van der Waals surface area contributed by atoms with Gasteiger partial charge < -0.3 is 0 Å². The van der Waals surface area contributed by atoms with Crippen LogP contribution in [0.5, 0.6) is 0 Å². The van der Waals surface area contributed by atoms with Crippen molar-refractivity contribution in [2.24, 2.45) is 0 Å². The predicted octanol–water partition coefficient (Wildman–Crippen LogP) is 3.78. The van der Waals surface area contributed by atoms with Gasteiger partial charge in [-0.25, -0.2) is 4.98 Å². The van der Waals surface area contributed by atoms with Crippen LogP contribution in [0.3, 0.4) is 0 Å². The van der Waals surface area contributed by atoms with E-state index in [-0.39, 0.29) is 0 Å². The Morgan fingerprint density at radius 2 is 2.13 bits per heavy atom. The first-order chi connectivity index (χ1) is 7.29. The standard InChI is InChI=1S/C12H12ClNS/c1-9-4-2-3-5-10(9)6-12-14-8-11(7-13)15-12/h2-5,8H,6-7H2,1H3. The van der Waals surface area contributed by atoms with E-state index in [2.05, 4.69) is 36.2 Å². The van der Waals surface area contributed by atoms with Crippen LogP contribution in [0, 0.1) is 6.92 Å². The lowest BCUT2D eigenvalue weighted by Gasteiger charge is -2.01. The molecular formula is C12H12ClNS. The third kappa shape index (κ3) is 2.58. The van der Waals surface area contributed by atoms with Crippen LogP contribution in [0.1, 0.15) is 21.0 Å². The van der Waals surface area contributed by atoms with E-state index in [1.807, 2.05) is 6.20 Å². The molecule has 1 aromatic carbocycles. The zero-order valence-corrected chi connectivity index (χ0v) is 10.1. The fraction of sp³-hybridized carbons (Fsp3) is 0.250. The summed E-state index contributed by atoms with van der Waals surface area (Å²) in [6.45, 7) is 2.13. The van der Waals surface area contributed by atoms with E-state index in [0.717, 1.165) is 16.3 Å². The summed E-state index contributed by atoms with van der Waals surface area (Å²) in [7, 11) is 0. The summed E-state index contributed by atoms with van der Waals surface area (Å²) in [6, 6.07) is 8.41. The molecule has 0 spiro atoms. The van der Waals surface area contributed by atoms with Gasteiger partial charge in [0, 0.05) is 17.5 Å². The summed E-state index contributed by atoms with van der Waals surface area (Å²) >= 11 is 7.44. The lowest BCUT2D eigenvalue weighted by atomic mass is 10.1. The Morgan fingerprint density at radius 1 is 1.33 bits per heavy atom. The van der Waals surface area contributed by atoms with E-state index in [1.165, 1.54) is 11.1 Å². The van der Waals surface area contributed by atoms with E-state index in [1.54, 1.807) is 11.3 Å². The number of hydrogen-bond acceptors (Lipinski definition) is 2. The van der Waals surface area contributed by atoms with Gasteiger partial charge >= 0.3 is 0 Å². The molecule has 0 N–H and O–H groups in total. The second-order valence-corrected chi connectivity index (χ2v) is 4.92. The summed E-state index contributed by atoms with van der Waals surface area (Å²) in [5.41, 5.74) is 2.66. The van der Waals surface area contributed by atoms with Crippen LogP contribution in [-0.2, 0) is 12.3 Å². The molecule has 0 atom stereocenters. The maximum absolute atomic E-state index is 5.74. The molecule has 1 aromatic heterocycles. The van der Waals surface area contributed by atoms with Crippen molar-refractivity contribution >= 4 is 22.9 Å². The van der Waals surface area contributed by atoms with Crippen LogP contribution in [0.2, 0.25) is 0 Å². The van der Waals surface area contributed by atoms with Gasteiger partial charge in [0.25, 0.3) is 0 Å². The molecule has 3 heteroatoms. The molecule has 0 radical (unpaired) electrons. The number of benzene rings is 1. The van der Waals surface area contributed by atoms with E-state index in [9.17, 15) is 0 Å². The minimum atomic E-state index is 0.561. The van der Waals surface area contributed by atoms with E-state index in [0.29, 0.717) is 5.88 Å². The third-order valence-electron chi connectivity index (χ3n) is 2.34. The molecular weight excluding hydrogens is 226 g/mol. The van der Waals surface area contributed by atoms with Gasteiger partial charge in [-0.1, -0.05) is 24.3 Å². The smallest absolute Gasteiger partial charge is 0.0972 e. The topological polar surface area (TPSA) is 12.9 Å². The normalized spacial score (nSPS) is 10.5. The number of thiazole rings is 1. The molecule has 78 valence electrons. The lowest BCUT2D eigenvalue weighted by Crippen LogP contribution is -1.89. The van der Waals surface area contributed by atoms with Crippen LogP contribution in [0.4, 0.5) is 0 Å². The molecule has 1 nitrogen and oxygen atoms in total. The van der Waals surface area contributed by atoms with Gasteiger partial charge in [-0.05, 0) is 18.1 Å². The number of rotatable bonds is 3. The van der Waals surface area contributed by atoms with Crippen molar-refractivity contribution in [2.45, 2.75) is 19.2 Å². The second kappa shape index (κ2) is 4.77. The number of hydrogen-bond donors (Lipinski definition) is 0. The molecule has 0 saturated heterocycles. The van der Waals surface area contributed by atoms with E-state index in [4.69, 9.17) is 11.6 Å². The van der Waals surface area contributed by atoms with Crippen molar-refractivity contribution in [1.82, 2.24) is 4.98 Å². The van der Waals surface area contributed by atoms with Crippen molar-refractivity contribution in [2.75, 3.05) is 0 Å². The average Bonchev–Trinajstić information content (AvgIpc) is 2.69. The minimum absolute atomic E-state index is 0.561. The molecule has 0 aliphatic rings. The van der Waals surface area contributed by atoms with E-state index >= 15 is 0 Å². The van der Waals surface area contributed by atoms with Crippen molar-refractivity contribution in [1.29, 1.82) is 0 Å². The Labute approximate surface area is 98.7 Å². The molecule has 0 bridgehead atoms. The fourth-order valence-corrected chi connectivity index (χ4v) is 2.49. The molecule has 0 saturated carbocycles. The summed E-state index contributed by atoms with van der Waals surface area (Å²) in [6.07, 6.45) is 2.78. The minimum Gasteiger partial charge on any atom is -0.249 e. The highest BCUT2D eigenvalue weighted by atomic mass is 35.5. The van der Waals surface area contributed by atoms with Crippen LogP contribution < -0.4 is 0 Å². The van der Waals surface area contributed by atoms with Crippen LogP contribution in [0.25, 0.3) is 0 Å². The Hall–Kier alpha value is -0.860. The van der Waals surface area contributed by atoms with Gasteiger partial charge in [-0.15, -0.1) is 22.9 Å². The van der Waals surface area contributed by atoms with Crippen molar-refractivity contribution in [3.8, 4) is 0 Å². The lowest BCUT2D eigenvalue weighted by molar-refractivity contribution is 1.11. The maximum atomic E-state index is 5.74. The van der Waals surface area contributed by atoms with Gasteiger partial charge in [0.1, 0.15) is 0 Å². The third-order valence-corrected chi connectivity index (χ3v) is 3.78. The number of alkyl halides is 1. The van der Waals surface area contributed by atoms with Gasteiger partial charge in [-0.2, -0.15) is 0 Å². The van der Waals surface area contributed by atoms with Crippen LogP contribution >= 0.6 is 22.9 Å². The maximum Gasteiger partial charge on any atom is 0.0972 e. The zero-order valence-electron chi connectivity index (χ0n) is 8.53. The molecule has 2 aromatic rings. The largest absolute Gasteiger partial charge is 0.249 e. The number of halogens is 1. The highest BCUT2D eigenvalue weighted by Gasteiger charge is 2.03. The summed E-state index contributed by atoms with van der Waals surface area (Å²) in [4.78, 5) is 5.50. The SMILES string of the molecule is Cc1ccccc1Cc1ncc(CCl)s1. The van der Waals surface area contributed by atoms with Crippen LogP contribution in [0.15, 0.2) is 30.5 Å². The van der Waals surface area contributed by atoms with Crippen molar-refractivity contribution in [3.05, 3.63) is 51.5 Å². The van der Waals surface area contributed by atoms with Gasteiger partial charge in [0.2, 0.25) is 0 Å². The second-order valence-electron chi connectivity index (χ2n) is 3.46. The van der Waals surface area contributed by atoms with Gasteiger partial charge in [0.15, 0.2) is 0 Å². The predicted molar refractivity (Wildman–Crippen MR) is 65.7 cm³/mol. The van der Waals surface area contributed by atoms with Crippen molar-refractivity contribution in [3.63, 3.8) is 0 Å². The molecule has 0 aliphatic heterocycles.